The number of aromatic amines is 1. The monoisotopic (exact) mass is 506 g/mol. The summed E-state index contributed by atoms with van der Waals surface area (Å²) in [5.74, 6) is -0.282. The number of carboxylic acids is 1. The predicted molar refractivity (Wildman–Crippen MR) is 140 cm³/mol. The van der Waals surface area contributed by atoms with Crippen LogP contribution in [0.1, 0.15) is 52.7 Å². The third-order valence-electron chi connectivity index (χ3n) is 7.39. The number of aliphatic hydroxyl groups is 1. The fourth-order valence-electron chi connectivity index (χ4n) is 5.00. The smallest absolute Gasteiger partial charge is 0.314 e. The van der Waals surface area contributed by atoms with Crippen molar-refractivity contribution >= 4 is 5.97 Å². The molecule has 0 bridgehead atoms. The number of benzene rings is 3. The first-order chi connectivity index (χ1) is 18.5. The zero-order valence-corrected chi connectivity index (χ0v) is 20.8. The Balaban J connectivity index is 1.26. The van der Waals surface area contributed by atoms with Gasteiger partial charge in [-0.1, -0.05) is 89.2 Å². The van der Waals surface area contributed by atoms with Crippen molar-refractivity contribution in [3.63, 3.8) is 0 Å². The second kappa shape index (κ2) is 9.39. The molecule has 5 aromatic rings. The van der Waals surface area contributed by atoms with E-state index in [4.69, 9.17) is 4.52 Å². The van der Waals surface area contributed by atoms with Crippen molar-refractivity contribution in [1.29, 1.82) is 0 Å². The average Bonchev–Trinajstić information content (AvgIpc) is 3.49. The molecule has 3 aromatic carbocycles. The molecular weight excluding hydrogens is 480 g/mol. The van der Waals surface area contributed by atoms with Gasteiger partial charge in [-0.3, -0.25) is 9.89 Å². The van der Waals surface area contributed by atoms with Crippen LogP contribution in [0.4, 0.5) is 0 Å². The van der Waals surface area contributed by atoms with Crippen molar-refractivity contribution in [1.82, 2.24) is 20.6 Å². The van der Waals surface area contributed by atoms with E-state index >= 15 is 0 Å². The number of rotatable bonds is 8. The van der Waals surface area contributed by atoms with E-state index in [0.29, 0.717) is 42.0 Å². The summed E-state index contributed by atoms with van der Waals surface area (Å²) >= 11 is 0. The summed E-state index contributed by atoms with van der Waals surface area (Å²) in [5, 5.41) is 36.1. The molecule has 0 radical (unpaired) electrons. The van der Waals surface area contributed by atoms with Gasteiger partial charge in [-0.25, -0.2) is 0 Å². The highest BCUT2D eigenvalue weighted by Crippen LogP contribution is 2.48. The van der Waals surface area contributed by atoms with Crippen molar-refractivity contribution in [3.05, 3.63) is 113 Å². The molecular formula is C30H26N4O4. The van der Waals surface area contributed by atoms with Crippen molar-refractivity contribution in [2.24, 2.45) is 0 Å². The number of nitrogens with one attached hydrogen (secondary N) is 1. The molecule has 0 spiro atoms. The van der Waals surface area contributed by atoms with E-state index < -0.39 is 17.5 Å². The van der Waals surface area contributed by atoms with E-state index in [-0.39, 0.29) is 0 Å². The van der Waals surface area contributed by atoms with Crippen LogP contribution < -0.4 is 0 Å². The molecule has 38 heavy (non-hydrogen) atoms. The molecule has 8 nitrogen and oxygen atoms in total. The molecule has 1 aliphatic rings. The second-order valence-electron chi connectivity index (χ2n) is 9.79. The number of aliphatic carboxylic acids is 1. The third-order valence-corrected chi connectivity index (χ3v) is 7.39. The minimum absolute atomic E-state index is 0.438. The van der Waals surface area contributed by atoms with Crippen LogP contribution in [0.25, 0.3) is 22.5 Å². The van der Waals surface area contributed by atoms with Gasteiger partial charge in [-0.2, -0.15) is 0 Å². The zero-order valence-electron chi connectivity index (χ0n) is 20.8. The van der Waals surface area contributed by atoms with Gasteiger partial charge in [-0.15, -0.1) is 5.10 Å². The maximum absolute atomic E-state index is 11.6. The van der Waals surface area contributed by atoms with E-state index in [9.17, 15) is 15.0 Å². The number of aromatic nitrogens is 4. The molecule has 6 rings (SSSR count). The van der Waals surface area contributed by atoms with Crippen molar-refractivity contribution in [2.45, 2.75) is 37.7 Å². The number of carbonyl (C=O) groups is 1. The number of hydrogen-bond acceptors (Lipinski definition) is 6. The van der Waals surface area contributed by atoms with E-state index in [2.05, 4.69) is 20.6 Å². The number of aliphatic hydroxyl groups excluding tert-OH is 1. The van der Waals surface area contributed by atoms with Crippen LogP contribution in [0.5, 0.6) is 0 Å². The first kappa shape index (κ1) is 23.8. The third kappa shape index (κ3) is 4.18. The molecule has 2 aromatic heterocycles. The second-order valence-corrected chi connectivity index (χ2v) is 9.79. The Morgan fingerprint density at radius 1 is 0.974 bits per heavy atom. The van der Waals surface area contributed by atoms with Crippen LogP contribution in [0, 0.1) is 6.92 Å². The van der Waals surface area contributed by atoms with Crippen LogP contribution in [-0.2, 0) is 16.6 Å². The Morgan fingerprint density at radius 2 is 1.61 bits per heavy atom. The number of aryl methyl sites for hydroxylation is 1. The SMILES string of the molecule is Cc1noc(-c2ccc(-c3ccc(C4(C(=O)O)CC4)cc3)cc2)c1C(O)c1nn[nH]c1Cc1ccccc1. The van der Waals surface area contributed by atoms with Gasteiger partial charge in [0.1, 0.15) is 11.8 Å². The molecule has 1 aliphatic carbocycles. The molecule has 1 fully saturated rings. The largest absolute Gasteiger partial charge is 0.481 e. The topological polar surface area (TPSA) is 125 Å². The lowest BCUT2D eigenvalue weighted by molar-refractivity contribution is -0.140. The van der Waals surface area contributed by atoms with Gasteiger partial charge in [0, 0.05) is 12.0 Å². The molecule has 1 saturated carbocycles. The first-order valence-electron chi connectivity index (χ1n) is 12.5. The van der Waals surface area contributed by atoms with E-state index in [1.54, 1.807) is 6.92 Å². The van der Waals surface area contributed by atoms with Gasteiger partial charge in [0.25, 0.3) is 0 Å². The Bertz CT molecular complexity index is 1580. The van der Waals surface area contributed by atoms with Crippen LogP contribution in [0.15, 0.2) is 83.4 Å². The quantitative estimate of drug-likeness (QED) is 0.263. The van der Waals surface area contributed by atoms with Crippen molar-refractivity contribution < 1.29 is 19.5 Å². The summed E-state index contributed by atoms with van der Waals surface area (Å²) in [4.78, 5) is 11.6. The van der Waals surface area contributed by atoms with Crippen LogP contribution in [0.3, 0.4) is 0 Å². The highest BCUT2D eigenvalue weighted by atomic mass is 16.5. The molecule has 0 saturated heterocycles. The molecule has 1 atom stereocenters. The Hall–Kier alpha value is -4.56. The lowest BCUT2D eigenvalue weighted by atomic mass is 9.93. The molecule has 0 aliphatic heterocycles. The zero-order chi connectivity index (χ0) is 26.3. The predicted octanol–water partition coefficient (Wildman–Crippen LogP) is 5.22. The molecule has 190 valence electrons. The average molecular weight is 507 g/mol. The number of carboxylic acid groups (broad SMARTS) is 1. The molecule has 3 N–H and O–H groups in total. The maximum atomic E-state index is 11.6. The van der Waals surface area contributed by atoms with Gasteiger partial charge in [0.15, 0.2) is 5.76 Å². The van der Waals surface area contributed by atoms with Gasteiger partial charge >= 0.3 is 5.97 Å². The highest BCUT2D eigenvalue weighted by Gasteiger charge is 2.51. The summed E-state index contributed by atoms with van der Waals surface area (Å²) < 4.78 is 5.66. The summed E-state index contributed by atoms with van der Waals surface area (Å²) in [6, 6.07) is 25.4. The molecule has 8 heteroatoms. The summed E-state index contributed by atoms with van der Waals surface area (Å²) in [5.41, 5.74) is 6.25. The van der Waals surface area contributed by atoms with E-state index in [1.807, 2.05) is 78.9 Å². The normalized spacial score (nSPS) is 14.8. The maximum Gasteiger partial charge on any atom is 0.314 e. The lowest BCUT2D eigenvalue weighted by Crippen LogP contribution is -2.19. The van der Waals surface area contributed by atoms with Crippen molar-refractivity contribution in [2.75, 3.05) is 0 Å². The number of hydrogen-bond donors (Lipinski definition) is 3. The van der Waals surface area contributed by atoms with Gasteiger partial charge in [0.2, 0.25) is 0 Å². The van der Waals surface area contributed by atoms with E-state index in [1.165, 1.54) is 0 Å². The summed E-state index contributed by atoms with van der Waals surface area (Å²) in [7, 11) is 0. The Morgan fingerprint density at radius 3 is 2.24 bits per heavy atom. The highest BCUT2D eigenvalue weighted by molar-refractivity contribution is 5.85. The fourth-order valence-corrected chi connectivity index (χ4v) is 5.00. The van der Waals surface area contributed by atoms with E-state index in [0.717, 1.165) is 33.5 Å². The first-order valence-corrected chi connectivity index (χ1v) is 12.5. The minimum atomic E-state index is -1.06. The number of H-pyrrole nitrogens is 1. The number of nitrogens with zero attached hydrogens (tertiary/aromatic N) is 3. The lowest BCUT2D eigenvalue weighted by Gasteiger charge is -2.12. The fraction of sp³-hybridized carbons (Fsp3) is 0.200. The summed E-state index contributed by atoms with van der Waals surface area (Å²) in [6.45, 7) is 1.79. The minimum Gasteiger partial charge on any atom is -0.481 e. The summed E-state index contributed by atoms with van der Waals surface area (Å²) in [6.07, 6.45) is 0.859. The molecule has 0 amide bonds. The van der Waals surface area contributed by atoms with Gasteiger partial charge in [0.05, 0.1) is 22.4 Å². The Labute approximate surface area is 219 Å². The van der Waals surface area contributed by atoms with Crippen LogP contribution in [-0.4, -0.2) is 36.7 Å². The van der Waals surface area contributed by atoms with Gasteiger partial charge < -0.3 is 14.7 Å². The molecule has 1 unspecified atom stereocenters. The molecule has 2 heterocycles. The van der Waals surface area contributed by atoms with Crippen LogP contribution in [0.2, 0.25) is 0 Å². The van der Waals surface area contributed by atoms with Gasteiger partial charge in [-0.05, 0) is 42.0 Å². The standard InChI is InChI=1S/C30H26N4O4/c1-18-25(27(35)26-24(31-34-32-26)17-19-5-3-2-4-6-19)28(38-33-18)22-9-7-20(8-10-22)21-11-13-23(14-12-21)30(15-16-30)29(36)37/h2-14,27,35H,15-17H2,1H3,(H,36,37)(H,31,32,34). The Kier molecular flexibility index (Phi) is 5.88. The van der Waals surface area contributed by atoms with Crippen molar-refractivity contribution in [3.8, 4) is 22.5 Å². The van der Waals surface area contributed by atoms with Crippen LogP contribution >= 0.6 is 0 Å².